The second-order valence-corrected chi connectivity index (χ2v) is 4.39. The lowest BCUT2D eigenvalue weighted by atomic mass is 10.3. The van der Waals surface area contributed by atoms with Crippen molar-refractivity contribution < 1.29 is 4.74 Å². The molecule has 4 nitrogen and oxygen atoms in total. The molecule has 1 aromatic heterocycles. The second-order valence-electron chi connectivity index (χ2n) is 4.00. The van der Waals surface area contributed by atoms with Crippen LogP contribution in [0.4, 0.5) is 0 Å². The predicted molar refractivity (Wildman–Crippen MR) is 74.8 cm³/mol. The van der Waals surface area contributed by atoms with Gasteiger partial charge in [-0.1, -0.05) is 36.7 Å². The average molecular weight is 279 g/mol. The van der Waals surface area contributed by atoms with Crippen LogP contribution in [0.1, 0.15) is 12.7 Å². The molecule has 1 aromatic carbocycles. The van der Waals surface area contributed by atoms with Gasteiger partial charge in [0.2, 0.25) is 0 Å². The summed E-state index contributed by atoms with van der Waals surface area (Å²) in [6.07, 6.45) is 0.654. The van der Waals surface area contributed by atoms with Crippen LogP contribution in [0.25, 0.3) is 0 Å². The number of hydrogen-bond acceptors (Lipinski definition) is 3. The maximum Gasteiger partial charge on any atom is 0.255 e. The number of para-hydroxylation sites is 1. The lowest BCUT2D eigenvalue weighted by Crippen LogP contribution is -2.26. The van der Waals surface area contributed by atoms with E-state index in [1.165, 1.54) is 6.07 Å². The Labute approximate surface area is 116 Å². The van der Waals surface area contributed by atoms with Gasteiger partial charge in [-0.3, -0.25) is 9.36 Å². The Hall–Kier alpha value is -1.81. The highest BCUT2D eigenvalue weighted by atomic mass is 35.5. The minimum absolute atomic E-state index is 0.145. The monoisotopic (exact) mass is 278 g/mol. The summed E-state index contributed by atoms with van der Waals surface area (Å²) in [4.78, 5) is 16.0. The highest BCUT2D eigenvalue weighted by molar-refractivity contribution is 6.29. The van der Waals surface area contributed by atoms with Crippen LogP contribution in [0.15, 0.2) is 41.2 Å². The largest absolute Gasteiger partial charge is 0.492 e. The molecule has 0 fully saturated rings. The zero-order valence-corrected chi connectivity index (χ0v) is 11.4. The summed E-state index contributed by atoms with van der Waals surface area (Å²) >= 11 is 5.78. The number of ether oxygens (including phenoxy) is 1. The van der Waals surface area contributed by atoms with E-state index < -0.39 is 0 Å². The molecule has 0 aliphatic heterocycles. The maximum atomic E-state index is 11.8. The summed E-state index contributed by atoms with van der Waals surface area (Å²) in [7, 11) is 0. The number of nitrogens with zero attached hydrogens (tertiary/aromatic N) is 2. The van der Waals surface area contributed by atoms with Crippen LogP contribution in [-0.4, -0.2) is 16.2 Å². The fourth-order valence-electron chi connectivity index (χ4n) is 1.80. The first-order valence-corrected chi connectivity index (χ1v) is 6.52. The predicted octanol–water partition coefficient (Wildman–Crippen LogP) is 2.54. The molecule has 0 aliphatic carbocycles. The fourth-order valence-corrected chi connectivity index (χ4v) is 1.99. The molecule has 100 valence electrons. The van der Waals surface area contributed by atoms with E-state index >= 15 is 0 Å². The van der Waals surface area contributed by atoms with Crippen molar-refractivity contribution in [3.63, 3.8) is 0 Å². The normalized spacial score (nSPS) is 10.4. The van der Waals surface area contributed by atoms with E-state index in [1.54, 1.807) is 4.57 Å². The topological polar surface area (TPSA) is 44.1 Å². The number of aromatic nitrogens is 2. The molecule has 0 aliphatic rings. The van der Waals surface area contributed by atoms with Crippen LogP contribution in [0.5, 0.6) is 5.75 Å². The Morgan fingerprint density at radius 3 is 2.74 bits per heavy atom. The molecule has 0 atom stereocenters. The van der Waals surface area contributed by atoms with Crippen molar-refractivity contribution in [3.05, 3.63) is 57.7 Å². The summed E-state index contributed by atoms with van der Waals surface area (Å²) in [6.45, 7) is 2.81. The number of rotatable bonds is 5. The van der Waals surface area contributed by atoms with Gasteiger partial charge in [0, 0.05) is 12.5 Å². The summed E-state index contributed by atoms with van der Waals surface area (Å²) in [5.41, 5.74) is -0.145. The molecule has 0 spiro atoms. The third-order valence-corrected chi connectivity index (χ3v) is 2.89. The van der Waals surface area contributed by atoms with Gasteiger partial charge in [-0.05, 0) is 12.1 Å². The number of benzene rings is 1. The van der Waals surface area contributed by atoms with E-state index in [2.05, 4.69) is 4.98 Å². The van der Waals surface area contributed by atoms with Crippen molar-refractivity contribution in [1.82, 2.24) is 9.55 Å². The quantitative estimate of drug-likeness (QED) is 0.790. The van der Waals surface area contributed by atoms with Crippen LogP contribution in [0.2, 0.25) is 5.15 Å². The van der Waals surface area contributed by atoms with Gasteiger partial charge in [-0.2, -0.15) is 0 Å². The van der Waals surface area contributed by atoms with Crippen molar-refractivity contribution in [2.75, 3.05) is 6.61 Å². The molecule has 2 aromatic rings. The summed E-state index contributed by atoms with van der Waals surface area (Å²) in [5.74, 6) is 1.46. The van der Waals surface area contributed by atoms with Gasteiger partial charge in [0.25, 0.3) is 5.56 Å². The number of aryl methyl sites for hydroxylation is 1. The Bertz CT molecular complexity index is 596. The molecular weight excluding hydrogens is 264 g/mol. The average Bonchev–Trinajstić information content (AvgIpc) is 2.42. The van der Waals surface area contributed by atoms with Crippen molar-refractivity contribution >= 4 is 11.6 Å². The van der Waals surface area contributed by atoms with Crippen LogP contribution in [0.3, 0.4) is 0 Å². The number of hydrogen-bond donors (Lipinski definition) is 0. The van der Waals surface area contributed by atoms with E-state index in [0.29, 0.717) is 25.4 Å². The van der Waals surface area contributed by atoms with Gasteiger partial charge in [0.15, 0.2) is 0 Å². The van der Waals surface area contributed by atoms with Gasteiger partial charge in [0.05, 0.1) is 6.54 Å². The molecule has 2 rings (SSSR count). The van der Waals surface area contributed by atoms with Gasteiger partial charge in [0.1, 0.15) is 23.3 Å². The Kier molecular flexibility index (Phi) is 4.58. The highest BCUT2D eigenvalue weighted by Crippen LogP contribution is 2.08. The van der Waals surface area contributed by atoms with E-state index in [1.807, 2.05) is 37.3 Å². The van der Waals surface area contributed by atoms with E-state index in [4.69, 9.17) is 16.3 Å². The van der Waals surface area contributed by atoms with Crippen molar-refractivity contribution in [2.45, 2.75) is 19.9 Å². The highest BCUT2D eigenvalue weighted by Gasteiger charge is 2.06. The molecule has 19 heavy (non-hydrogen) atoms. The van der Waals surface area contributed by atoms with Crippen molar-refractivity contribution in [1.29, 1.82) is 0 Å². The van der Waals surface area contributed by atoms with E-state index in [0.717, 1.165) is 5.75 Å². The van der Waals surface area contributed by atoms with Crippen molar-refractivity contribution in [2.24, 2.45) is 0 Å². The summed E-state index contributed by atoms with van der Waals surface area (Å²) in [5, 5.41) is 0.238. The standard InChI is InChI=1S/C14H15ClN2O2/c1-2-13-16-12(15)10-14(18)17(13)8-9-19-11-6-4-3-5-7-11/h3-7,10H,2,8-9H2,1H3. The first kappa shape index (κ1) is 13.6. The molecule has 0 saturated heterocycles. The third-order valence-electron chi connectivity index (χ3n) is 2.70. The first-order valence-electron chi connectivity index (χ1n) is 6.15. The Morgan fingerprint density at radius 2 is 2.05 bits per heavy atom. The Balaban J connectivity index is 2.06. The number of halogens is 1. The van der Waals surface area contributed by atoms with Gasteiger partial charge >= 0.3 is 0 Å². The van der Waals surface area contributed by atoms with Crippen molar-refractivity contribution in [3.8, 4) is 5.75 Å². The smallest absolute Gasteiger partial charge is 0.255 e. The third kappa shape index (κ3) is 3.58. The molecule has 0 N–H and O–H groups in total. The molecular formula is C14H15ClN2O2. The lowest BCUT2D eigenvalue weighted by Gasteiger charge is -2.11. The molecule has 0 radical (unpaired) electrons. The second kappa shape index (κ2) is 6.38. The Morgan fingerprint density at radius 1 is 1.32 bits per heavy atom. The first-order chi connectivity index (χ1) is 9.20. The molecule has 0 bridgehead atoms. The van der Waals surface area contributed by atoms with Crippen LogP contribution < -0.4 is 10.3 Å². The molecule has 0 amide bonds. The van der Waals surface area contributed by atoms with Crippen LogP contribution in [0, 0.1) is 0 Å². The molecule has 5 heteroatoms. The zero-order chi connectivity index (χ0) is 13.7. The molecule has 1 heterocycles. The summed E-state index contributed by atoms with van der Waals surface area (Å²) < 4.78 is 7.17. The maximum absolute atomic E-state index is 11.8. The molecule has 0 saturated carbocycles. The fraction of sp³-hybridized carbons (Fsp3) is 0.286. The molecule has 0 unspecified atom stereocenters. The minimum Gasteiger partial charge on any atom is -0.492 e. The SMILES string of the molecule is CCc1nc(Cl)cc(=O)n1CCOc1ccccc1. The van der Waals surface area contributed by atoms with E-state index in [9.17, 15) is 4.79 Å². The van der Waals surface area contributed by atoms with Gasteiger partial charge in [-0.25, -0.2) is 4.98 Å². The zero-order valence-electron chi connectivity index (χ0n) is 10.7. The summed E-state index contributed by atoms with van der Waals surface area (Å²) in [6, 6.07) is 10.8. The minimum atomic E-state index is -0.145. The van der Waals surface area contributed by atoms with E-state index in [-0.39, 0.29) is 10.7 Å². The van der Waals surface area contributed by atoms with Crippen LogP contribution >= 0.6 is 11.6 Å². The van der Waals surface area contributed by atoms with Crippen LogP contribution in [-0.2, 0) is 13.0 Å². The van der Waals surface area contributed by atoms with Gasteiger partial charge in [-0.15, -0.1) is 0 Å². The van der Waals surface area contributed by atoms with Gasteiger partial charge < -0.3 is 4.74 Å². The lowest BCUT2D eigenvalue weighted by molar-refractivity contribution is 0.293.